The van der Waals surface area contributed by atoms with Crippen LogP contribution in [0.4, 0.5) is 0 Å². The van der Waals surface area contributed by atoms with Crippen molar-refractivity contribution in [3.63, 3.8) is 0 Å². The summed E-state index contributed by atoms with van der Waals surface area (Å²) in [7, 11) is -8.54. The van der Waals surface area contributed by atoms with Crippen LogP contribution in [-0.4, -0.2) is 37.0 Å². The average Bonchev–Trinajstić information content (AvgIpc) is 2.88. The Balaban J connectivity index is 2.36. The van der Waals surface area contributed by atoms with Crippen LogP contribution in [0.3, 0.4) is 0 Å². The molecule has 0 unspecified atom stereocenters. The summed E-state index contributed by atoms with van der Waals surface area (Å²) in [6.45, 7) is 0.280. The van der Waals surface area contributed by atoms with E-state index in [9.17, 15) is 13.0 Å². The molecule has 12 heteroatoms. The number of hydrogen-bond acceptors (Lipinski definition) is 5. The molecule has 0 aliphatic carbocycles. The van der Waals surface area contributed by atoms with Crippen molar-refractivity contribution in [2.24, 2.45) is 0 Å². The molecule has 0 saturated carbocycles. The van der Waals surface area contributed by atoms with Crippen molar-refractivity contribution >= 4 is 62.2 Å². The van der Waals surface area contributed by atoms with Crippen LogP contribution in [0.5, 0.6) is 5.75 Å². The minimum Gasteiger partial charge on any atom is -0.492 e. The molecule has 1 aromatic carbocycles. The first-order valence-corrected chi connectivity index (χ1v) is 11.1. The van der Waals surface area contributed by atoms with E-state index in [1.54, 1.807) is 12.1 Å². The minimum atomic E-state index is -4.49. The van der Waals surface area contributed by atoms with Gasteiger partial charge >= 0.3 is 7.60 Å². The number of nitrogens with one attached hydrogen (secondary N) is 1. The van der Waals surface area contributed by atoms with Crippen LogP contribution in [-0.2, 0) is 14.6 Å². The quantitative estimate of drug-likeness (QED) is 0.469. The number of fused-ring (bicyclic) bond motifs is 1. The van der Waals surface area contributed by atoms with Crippen molar-refractivity contribution in [1.82, 2.24) is 4.72 Å². The van der Waals surface area contributed by atoms with Gasteiger partial charge in [0.05, 0.1) is 15.6 Å². The fraction of sp³-hybridized carbons (Fsp3) is 0.273. The van der Waals surface area contributed by atoms with E-state index in [4.69, 9.17) is 37.7 Å². The summed E-state index contributed by atoms with van der Waals surface area (Å²) < 4.78 is 42.6. The molecule has 0 aliphatic rings. The molecular formula is C11H12Cl2NO6PS2. The van der Waals surface area contributed by atoms with Crippen molar-refractivity contribution in [2.45, 2.75) is 4.21 Å². The number of ether oxygens (including phenoxy) is 1. The van der Waals surface area contributed by atoms with Gasteiger partial charge in [-0.25, -0.2) is 8.42 Å². The highest BCUT2D eigenvalue weighted by atomic mass is 35.5. The SMILES string of the molecule is O=P(O)(O)CNS(=O)(=O)c1cc2cc(OCCCl)cc(Cl)c2s1. The van der Waals surface area contributed by atoms with Gasteiger partial charge in [-0.2, -0.15) is 4.72 Å². The first kappa shape index (κ1) is 19.0. The highest BCUT2D eigenvalue weighted by Gasteiger charge is 2.23. The topological polar surface area (TPSA) is 113 Å². The third-order valence-corrected chi connectivity index (χ3v) is 7.00. The third kappa shape index (κ3) is 5.04. The molecule has 0 atom stereocenters. The average molecular weight is 420 g/mol. The maximum atomic E-state index is 12.1. The monoisotopic (exact) mass is 419 g/mol. The molecule has 2 rings (SSSR count). The lowest BCUT2D eigenvalue weighted by atomic mass is 10.2. The van der Waals surface area contributed by atoms with E-state index < -0.39 is 23.9 Å². The van der Waals surface area contributed by atoms with Crippen LogP contribution >= 0.6 is 42.1 Å². The summed E-state index contributed by atoms with van der Waals surface area (Å²) in [6.07, 6.45) is -0.971. The number of sulfonamides is 1. The van der Waals surface area contributed by atoms with E-state index in [2.05, 4.69) is 0 Å². The second kappa shape index (κ2) is 7.25. The lowest BCUT2D eigenvalue weighted by Gasteiger charge is -2.05. The summed E-state index contributed by atoms with van der Waals surface area (Å²) in [5, 5.41) is 0.858. The van der Waals surface area contributed by atoms with Crippen molar-refractivity contribution in [3.05, 3.63) is 23.2 Å². The molecule has 3 N–H and O–H groups in total. The summed E-state index contributed by atoms with van der Waals surface area (Å²) in [5.41, 5.74) is 0. The molecule has 2 aromatic rings. The Morgan fingerprint density at radius 1 is 1.30 bits per heavy atom. The molecule has 128 valence electrons. The predicted molar refractivity (Wildman–Crippen MR) is 90.3 cm³/mol. The lowest BCUT2D eigenvalue weighted by molar-refractivity contribution is 0.343. The van der Waals surface area contributed by atoms with Gasteiger partial charge in [-0.15, -0.1) is 22.9 Å². The van der Waals surface area contributed by atoms with Gasteiger partial charge < -0.3 is 14.5 Å². The van der Waals surface area contributed by atoms with E-state index in [0.717, 1.165) is 11.3 Å². The standard InChI is InChI=1S/C11H12Cl2NO6PS2/c12-1-2-20-8-3-7-4-10(22-11(7)9(13)5-8)23(18,19)14-6-21(15,16)17/h3-5,14H,1-2,6H2,(H2,15,16,17). The molecule has 0 aliphatic heterocycles. The van der Waals surface area contributed by atoms with Crippen molar-refractivity contribution in [2.75, 3.05) is 18.8 Å². The van der Waals surface area contributed by atoms with Gasteiger partial charge in [0.1, 0.15) is 22.9 Å². The van der Waals surface area contributed by atoms with Crippen molar-refractivity contribution in [3.8, 4) is 5.75 Å². The number of thiophene rings is 1. The van der Waals surface area contributed by atoms with Gasteiger partial charge in [0.15, 0.2) is 0 Å². The van der Waals surface area contributed by atoms with E-state index in [-0.39, 0.29) is 10.8 Å². The maximum Gasteiger partial charge on any atom is 0.340 e. The second-order valence-electron chi connectivity index (χ2n) is 4.40. The summed E-state index contributed by atoms with van der Waals surface area (Å²) in [4.78, 5) is 17.5. The van der Waals surface area contributed by atoms with Crippen LogP contribution in [0.1, 0.15) is 0 Å². The van der Waals surface area contributed by atoms with Crippen molar-refractivity contribution < 1.29 is 27.5 Å². The Hall–Kier alpha value is -0.380. The maximum absolute atomic E-state index is 12.1. The Kier molecular flexibility index (Phi) is 5.97. The molecule has 0 amide bonds. The van der Waals surface area contributed by atoms with Gasteiger partial charge in [0, 0.05) is 6.07 Å². The van der Waals surface area contributed by atoms with E-state index in [1.807, 2.05) is 4.72 Å². The summed E-state index contributed by atoms with van der Waals surface area (Å²) in [5.74, 6) is 0.749. The van der Waals surface area contributed by atoms with Crippen LogP contribution < -0.4 is 9.46 Å². The minimum absolute atomic E-state index is 0.0997. The first-order chi connectivity index (χ1) is 10.6. The Morgan fingerprint density at radius 2 is 2.00 bits per heavy atom. The zero-order valence-electron chi connectivity index (χ0n) is 11.4. The van der Waals surface area contributed by atoms with Gasteiger partial charge in [-0.3, -0.25) is 4.57 Å². The summed E-state index contributed by atoms with van der Waals surface area (Å²) >= 11 is 12.5. The normalized spacial score (nSPS) is 12.7. The molecular weight excluding hydrogens is 408 g/mol. The van der Waals surface area contributed by atoms with Crippen LogP contribution in [0.15, 0.2) is 22.4 Å². The van der Waals surface area contributed by atoms with Gasteiger partial charge in [-0.1, -0.05) is 11.6 Å². The fourth-order valence-electron chi connectivity index (χ4n) is 1.67. The zero-order valence-corrected chi connectivity index (χ0v) is 15.4. The second-order valence-corrected chi connectivity index (χ2v) is 9.87. The summed E-state index contributed by atoms with van der Waals surface area (Å²) in [6, 6.07) is 4.53. The molecule has 0 bridgehead atoms. The molecule has 1 heterocycles. The largest absolute Gasteiger partial charge is 0.492 e. The van der Waals surface area contributed by atoms with E-state index in [0.29, 0.717) is 26.7 Å². The number of hydrogen-bond donors (Lipinski definition) is 3. The molecule has 0 saturated heterocycles. The first-order valence-electron chi connectivity index (χ1n) is 6.08. The molecule has 7 nitrogen and oxygen atoms in total. The Labute approximate surface area is 146 Å². The molecule has 0 spiro atoms. The third-order valence-electron chi connectivity index (χ3n) is 2.59. The number of benzene rings is 1. The van der Waals surface area contributed by atoms with Gasteiger partial charge in [-0.05, 0) is 17.5 Å². The van der Waals surface area contributed by atoms with Gasteiger partial charge in [0.25, 0.3) is 10.0 Å². The lowest BCUT2D eigenvalue weighted by Crippen LogP contribution is -2.23. The van der Waals surface area contributed by atoms with E-state index >= 15 is 0 Å². The Morgan fingerprint density at radius 3 is 2.61 bits per heavy atom. The molecule has 0 radical (unpaired) electrons. The zero-order chi connectivity index (χ0) is 17.3. The fourth-order valence-corrected chi connectivity index (χ4v) is 5.50. The number of rotatable bonds is 7. The van der Waals surface area contributed by atoms with Gasteiger partial charge in [0.2, 0.25) is 0 Å². The van der Waals surface area contributed by atoms with Crippen molar-refractivity contribution in [1.29, 1.82) is 0 Å². The molecule has 1 aromatic heterocycles. The van der Waals surface area contributed by atoms with E-state index in [1.165, 1.54) is 6.07 Å². The number of alkyl halides is 1. The smallest absolute Gasteiger partial charge is 0.340 e. The molecule has 23 heavy (non-hydrogen) atoms. The van der Waals surface area contributed by atoms with Crippen LogP contribution in [0.25, 0.3) is 10.1 Å². The Bertz CT molecular complexity index is 863. The number of halogens is 2. The highest BCUT2D eigenvalue weighted by Crippen LogP contribution is 2.38. The predicted octanol–water partition coefficient (Wildman–Crippen LogP) is 2.59. The highest BCUT2D eigenvalue weighted by molar-refractivity contribution is 7.92. The molecule has 0 fully saturated rings. The van der Waals surface area contributed by atoms with Crippen LogP contribution in [0.2, 0.25) is 5.02 Å². The van der Waals surface area contributed by atoms with Crippen LogP contribution in [0, 0.1) is 0 Å².